The summed E-state index contributed by atoms with van der Waals surface area (Å²) in [5.41, 5.74) is 4.94. The predicted molar refractivity (Wildman–Crippen MR) is 122 cm³/mol. The molecule has 0 saturated heterocycles. The van der Waals surface area contributed by atoms with Crippen LogP contribution in [-0.2, 0) is 20.1 Å². The molecule has 2 aromatic heterocycles. The standard InChI is InChI=1S/C17H12N.C11H6F2N.Ir/c1-3-7-14(8-4-1)16-11-12-17(18-13-16)15-9-5-2-6-10-15;12-8-4-5-9(10(13)7-8)11-3-1-2-6-14-11;/h1-9,11-13H;1-4,6-7H;/q2*-1;. The molecule has 0 bridgehead atoms. The monoisotopic (exact) mass is 613 g/mol. The molecule has 2 heterocycles. The maximum Gasteiger partial charge on any atom is 0.0408 e. The van der Waals surface area contributed by atoms with E-state index in [0.29, 0.717) is 5.69 Å². The molecule has 0 atom stereocenters. The van der Waals surface area contributed by atoms with E-state index in [4.69, 9.17) is 0 Å². The third kappa shape index (κ3) is 6.48. The third-order valence-electron chi connectivity index (χ3n) is 4.63. The zero-order valence-electron chi connectivity index (χ0n) is 17.4. The average Bonchev–Trinajstić information content (AvgIpc) is 2.86. The Labute approximate surface area is 205 Å². The van der Waals surface area contributed by atoms with Gasteiger partial charge >= 0.3 is 0 Å². The van der Waals surface area contributed by atoms with Gasteiger partial charge in [-0.25, -0.2) is 0 Å². The van der Waals surface area contributed by atoms with Gasteiger partial charge in [-0.05, 0) is 28.6 Å². The van der Waals surface area contributed by atoms with Gasteiger partial charge in [-0.1, -0.05) is 66.2 Å². The van der Waals surface area contributed by atoms with Crippen molar-refractivity contribution >= 4 is 0 Å². The Morgan fingerprint density at radius 2 is 1.45 bits per heavy atom. The number of aromatic nitrogens is 2. The fourth-order valence-electron chi connectivity index (χ4n) is 3.06. The molecule has 5 heteroatoms. The maximum absolute atomic E-state index is 13.2. The topological polar surface area (TPSA) is 25.8 Å². The van der Waals surface area contributed by atoms with E-state index in [1.165, 1.54) is 5.56 Å². The first-order chi connectivity index (χ1) is 15.7. The summed E-state index contributed by atoms with van der Waals surface area (Å²) in [5, 5.41) is 0. The van der Waals surface area contributed by atoms with Crippen molar-refractivity contribution in [1.29, 1.82) is 0 Å². The molecule has 5 rings (SSSR count). The minimum Gasteiger partial charge on any atom is -0.305 e. The molecule has 0 amide bonds. The van der Waals surface area contributed by atoms with Crippen LogP contribution in [0.2, 0.25) is 0 Å². The van der Waals surface area contributed by atoms with Crippen molar-refractivity contribution in [3.63, 3.8) is 0 Å². The second kappa shape index (κ2) is 11.9. The Kier molecular flexibility index (Phi) is 8.70. The van der Waals surface area contributed by atoms with Crippen molar-refractivity contribution in [3.05, 3.63) is 133 Å². The summed E-state index contributed by atoms with van der Waals surface area (Å²) in [6.07, 6.45) is 3.46. The van der Waals surface area contributed by atoms with Gasteiger partial charge in [0.05, 0.1) is 0 Å². The second-order valence-electron chi connectivity index (χ2n) is 6.83. The van der Waals surface area contributed by atoms with E-state index in [1.54, 1.807) is 24.4 Å². The first-order valence-electron chi connectivity index (χ1n) is 9.97. The number of halogens is 2. The molecule has 1 radical (unpaired) electrons. The number of hydrogen-bond acceptors (Lipinski definition) is 2. The Bertz CT molecular complexity index is 1210. The zero-order chi connectivity index (χ0) is 22.2. The molecule has 165 valence electrons. The van der Waals surface area contributed by atoms with E-state index in [1.807, 2.05) is 54.7 Å². The molecule has 3 aromatic carbocycles. The number of pyridine rings is 2. The summed E-state index contributed by atoms with van der Waals surface area (Å²) in [6.45, 7) is 0. The quantitative estimate of drug-likeness (QED) is 0.204. The first-order valence-corrected chi connectivity index (χ1v) is 9.97. The van der Waals surface area contributed by atoms with Gasteiger partial charge in [-0.2, -0.15) is 0 Å². The van der Waals surface area contributed by atoms with Crippen LogP contribution in [0.3, 0.4) is 0 Å². The Balaban J connectivity index is 0.000000186. The maximum atomic E-state index is 13.2. The van der Waals surface area contributed by atoms with Gasteiger partial charge in [-0.15, -0.1) is 48.0 Å². The summed E-state index contributed by atoms with van der Waals surface area (Å²) in [5.74, 6) is -1.29. The summed E-state index contributed by atoms with van der Waals surface area (Å²) >= 11 is 0. The van der Waals surface area contributed by atoms with E-state index in [0.717, 1.165) is 29.0 Å². The molecule has 0 unspecified atom stereocenters. The fourth-order valence-corrected chi connectivity index (χ4v) is 3.06. The summed E-state index contributed by atoms with van der Waals surface area (Å²) in [6, 6.07) is 35.0. The van der Waals surface area contributed by atoms with Crippen molar-refractivity contribution in [1.82, 2.24) is 9.97 Å². The van der Waals surface area contributed by atoms with E-state index >= 15 is 0 Å². The minimum atomic E-state index is -0.649. The molecule has 0 saturated carbocycles. The van der Waals surface area contributed by atoms with Crippen LogP contribution in [0, 0.1) is 23.8 Å². The van der Waals surface area contributed by atoms with Gasteiger partial charge in [0.15, 0.2) is 0 Å². The van der Waals surface area contributed by atoms with Crippen LogP contribution in [0.15, 0.2) is 109 Å². The molecule has 2 nitrogen and oxygen atoms in total. The molecular weight excluding hydrogens is 595 g/mol. The van der Waals surface area contributed by atoms with Gasteiger partial charge in [-0.3, -0.25) is 8.78 Å². The number of nitrogens with zero attached hydrogens (tertiary/aromatic N) is 2. The normalized spacial score (nSPS) is 9.88. The smallest absolute Gasteiger partial charge is 0.0408 e. The van der Waals surface area contributed by atoms with Gasteiger partial charge in [0.25, 0.3) is 0 Å². The van der Waals surface area contributed by atoms with Gasteiger partial charge < -0.3 is 9.97 Å². The van der Waals surface area contributed by atoms with Gasteiger partial charge in [0.2, 0.25) is 0 Å². The third-order valence-corrected chi connectivity index (χ3v) is 4.63. The molecule has 33 heavy (non-hydrogen) atoms. The molecule has 0 aliphatic rings. The molecule has 0 aliphatic heterocycles. The number of hydrogen-bond donors (Lipinski definition) is 0. The number of benzene rings is 3. The molecule has 0 N–H and O–H groups in total. The average molecular weight is 613 g/mol. The molecule has 0 aliphatic carbocycles. The van der Waals surface area contributed by atoms with Crippen LogP contribution >= 0.6 is 0 Å². The molecule has 0 fully saturated rings. The second-order valence-corrected chi connectivity index (χ2v) is 6.83. The molecule has 5 aromatic rings. The van der Waals surface area contributed by atoms with Crippen molar-refractivity contribution < 1.29 is 28.9 Å². The van der Waals surface area contributed by atoms with Crippen LogP contribution < -0.4 is 0 Å². The van der Waals surface area contributed by atoms with Crippen molar-refractivity contribution in [2.24, 2.45) is 0 Å². The first kappa shape index (κ1) is 24.1. The molecule has 0 spiro atoms. The Morgan fingerprint density at radius 3 is 2.09 bits per heavy atom. The van der Waals surface area contributed by atoms with E-state index < -0.39 is 11.6 Å². The summed E-state index contributed by atoms with van der Waals surface area (Å²) in [7, 11) is 0. The van der Waals surface area contributed by atoms with E-state index in [9.17, 15) is 8.78 Å². The Morgan fingerprint density at radius 1 is 0.667 bits per heavy atom. The van der Waals surface area contributed by atoms with E-state index in [-0.39, 0.29) is 25.7 Å². The van der Waals surface area contributed by atoms with E-state index in [2.05, 4.69) is 40.3 Å². The van der Waals surface area contributed by atoms with Crippen LogP contribution in [0.1, 0.15) is 0 Å². The molecular formula is C28H18F2IrN2-2. The van der Waals surface area contributed by atoms with Crippen molar-refractivity contribution in [2.45, 2.75) is 0 Å². The predicted octanol–water partition coefficient (Wildman–Crippen LogP) is 7.04. The number of rotatable bonds is 3. The summed E-state index contributed by atoms with van der Waals surface area (Å²) in [4.78, 5) is 8.44. The van der Waals surface area contributed by atoms with Crippen LogP contribution in [0.5, 0.6) is 0 Å². The Hall–Kier alpha value is -3.53. The fraction of sp³-hybridized carbons (Fsp3) is 0. The van der Waals surface area contributed by atoms with Crippen molar-refractivity contribution in [2.75, 3.05) is 0 Å². The summed E-state index contributed by atoms with van der Waals surface area (Å²) < 4.78 is 25.8. The van der Waals surface area contributed by atoms with Crippen LogP contribution in [0.4, 0.5) is 8.78 Å². The zero-order valence-corrected chi connectivity index (χ0v) is 19.8. The van der Waals surface area contributed by atoms with Crippen LogP contribution in [0.25, 0.3) is 33.6 Å². The largest absolute Gasteiger partial charge is 0.305 e. The SMILES string of the molecule is Fc1c[c-]c(-c2ccccn2)c(F)c1.[Ir].[c-]1ccccc1-c1ccc(-c2ccccc2)cn1. The van der Waals surface area contributed by atoms with Crippen LogP contribution in [-0.4, -0.2) is 9.97 Å². The minimum absolute atomic E-state index is 0. The van der Waals surface area contributed by atoms with Gasteiger partial charge in [0, 0.05) is 44.1 Å². The van der Waals surface area contributed by atoms with Gasteiger partial charge in [0.1, 0.15) is 0 Å². The van der Waals surface area contributed by atoms with Crippen molar-refractivity contribution in [3.8, 4) is 33.6 Å².